The molecule has 0 unspecified atom stereocenters. The van der Waals surface area contributed by atoms with Crippen LogP contribution in [0.25, 0.3) is 0 Å². The van der Waals surface area contributed by atoms with Crippen LogP contribution in [0.5, 0.6) is 0 Å². The average molecular weight is 120 g/mol. The van der Waals surface area contributed by atoms with Crippen LogP contribution < -0.4 is 0 Å². The first-order valence-electron chi connectivity index (χ1n) is 2.03. The summed E-state index contributed by atoms with van der Waals surface area (Å²) in [6.07, 6.45) is -2.90. The van der Waals surface area contributed by atoms with Crippen molar-refractivity contribution in [2.75, 3.05) is 0 Å². The number of Topliss-reactive ketones (excluding diaryl/α,β-unsaturated/α-hetero) is 1. The molecule has 8 heavy (non-hydrogen) atoms. The van der Waals surface area contributed by atoms with Gasteiger partial charge in [0.1, 0.15) is 0 Å². The van der Waals surface area contributed by atoms with Crippen LogP contribution in [-0.4, -0.2) is 12.2 Å². The first kappa shape index (κ1) is 7.27. The van der Waals surface area contributed by atoms with Gasteiger partial charge in [-0.1, -0.05) is 6.58 Å². The van der Waals surface area contributed by atoms with Crippen molar-refractivity contribution in [3.63, 3.8) is 0 Å². The van der Waals surface area contributed by atoms with Crippen LogP contribution in [0, 0.1) is 0 Å². The molecule has 0 aliphatic rings. The Morgan fingerprint density at radius 2 is 2.00 bits per heavy atom. The van der Waals surface area contributed by atoms with Gasteiger partial charge in [-0.3, -0.25) is 4.79 Å². The van der Waals surface area contributed by atoms with Gasteiger partial charge < -0.3 is 0 Å². The minimum Gasteiger partial charge on any atom is -0.288 e. The van der Waals surface area contributed by atoms with E-state index in [-0.39, 0.29) is 5.57 Å². The van der Waals surface area contributed by atoms with Gasteiger partial charge in [0.15, 0.2) is 0 Å². The second kappa shape index (κ2) is 2.55. The molecule has 0 radical (unpaired) electrons. The Hall–Kier alpha value is -0.730. The lowest BCUT2D eigenvalue weighted by Gasteiger charge is -1.92. The van der Waals surface area contributed by atoms with Gasteiger partial charge in [-0.15, -0.1) is 0 Å². The summed E-state index contributed by atoms with van der Waals surface area (Å²) in [5.41, 5.74) is -0.0972. The molecule has 0 aromatic heterocycles. The number of alkyl halides is 2. The number of halogens is 2. The van der Waals surface area contributed by atoms with Gasteiger partial charge in [-0.2, -0.15) is 0 Å². The summed E-state index contributed by atoms with van der Waals surface area (Å²) in [4.78, 5) is 9.99. The van der Waals surface area contributed by atoms with Crippen molar-refractivity contribution >= 4 is 5.78 Å². The van der Waals surface area contributed by atoms with E-state index in [1.54, 1.807) is 0 Å². The minimum atomic E-state index is -2.90. The van der Waals surface area contributed by atoms with E-state index < -0.39 is 12.2 Å². The maximum Gasteiger partial charge on any atom is 0.300 e. The van der Waals surface area contributed by atoms with Crippen LogP contribution in [0.15, 0.2) is 12.2 Å². The zero-order valence-electron chi connectivity index (χ0n) is 4.45. The average Bonchev–Trinajstić information content (AvgIpc) is 1.64. The largest absolute Gasteiger partial charge is 0.300 e. The van der Waals surface area contributed by atoms with E-state index in [9.17, 15) is 13.6 Å². The molecule has 0 heterocycles. The summed E-state index contributed by atoms with van der Waals surface area (Å²) in [5, 5.41) is 0. The van der Waals surface area contributed by atoms with Crippen molar-refractivity contribution in [1.29, 1.82) is 0 Å². The second-order valence-corrected chi connectivity index (χ2v) is 1.45. The van der Waals surface area contributed by atoms with E-state index in [0.29, 0.717) is 0 Å². The van der Waals surface area contributed by atoms with Crippen LogP contribution in [-0.2, 0) is 4.79 Å². The maximum atomic E-state index is 11.3. The minimum absolute atomic E-state index is 0.0972. The van der Waals surface area contributed by atoms with E-state index in [2.05, 4.69) is 6.58 Å². The number of ketones is 1. The molecular weight excluding hydrogens is 114 g/mol. The fraction of sp³-hybridized carbons (Fsp3) is 0.400. The molecule has 0 aromatic rings. The van der Waals surface area contributed by atoms with Crippen molar-refractivity contribution < 1.29 is 13.6 Å². The number of carbonyl (C=O) groups is 1. The molecule has 46 valence electrons. The normalized spacial score (nSPS) is 9.50. The van der Waals surface area contributed by atoms with E-state index in [4.69, 9.17) is 0 Å². The van der Waals surface area contributed by atoms with Crippen molar-refractivity contribution in [3.05, 3.63) is 12.2 Å². The zero-order chi connectivity index (χ0) is 6.73. The number of hydrogen-bond acceptors (Lipinski definition) is 1. The van der Waals surface area contributed by atoms with Gasteiger partial charge in [0.05, 0.1) is 0 Å². The van der Waals surface area contributed by atoms with Crippen LogP contribution in [0.3, 0.4) is 0 Å². The number of carbonyl (C=O) groups excluding carboxylic acids is 1. The smallest absolute Gasteiger partial charge is 0.288 e. The highest BCUT2D eigenvalue weighted by atomic mass is 19.3. The van der Waals surface area contributed by atoms with Gasteiger partial charge in [0, 0.05) is 0 Å². The molecule has 0 aliphatic heterocycles. The molecule has 0 N–H and O–H groups in total. The van der Waals surface area contributed by atoms with Gasteiger partial charge in [0.2, 0.25) is 5.78 Å². The molecule has 3 heteroatoms. The molecule has 0 rings (SSSR count). The predicted molar refractivity (Wildman–Crippen MR) is 25.8 cm³/mol. The molecular formula is C5H6F2O. The lowest BCUT2D eigenvalue weighted by atomic mass is 10.2. The maximum absolute atomic E-state index is 11.3. The number of hydrogen-bond donors (Lipinski definition) is 0. The van der Waals surface area contributed by atoms with Crippen molar-refractivity contribution in [3.8, 4) is 0 Å². The Bertz CT molecular complexity index is 118. The Labute approximate surface area is 46.0 Å². The lowest BCUT2D eigenvalue weighted by Crippen LogP contribution is -2.09. The molecule has 0 aromatic carbocycles. The van der Waals surface area contributed by atoms with E-state index in [1.165, 1.54) is 6.92 Å². The first-order chi connectivity index (χ1) is 3.55. The molecule has 0 atom stereocenters. The summed E-state index contributed by atoms with van der Waals surface area (Å²) < 4.78 is 22.5. The first-order valence-corrected chi connectivity index (χ1v) is 2.03. The monoisotopic (exact) mass is 120 g/mol. The van der Waals surface area contributed by atoms with Gasteiger partial charge in [-0.05, 0) is 12.5 Å². The third-order valence-electron chi connectivity index (χ3n) is 0.619. The predicted octanol–water partition coefficient (Wildman–Crippen LogP) is 1.40. The third-order valence-corrected chi connectivity index (χ3v) is 0.619. The molecule has 1 nitrogen and oxygen atoms in total. The van der Waals surface area contributed by atoms with Crippen molar-refractivity contribution in [2.24, 2.45) is 0 Å². The Morgan fingerprint density at radius 1 is 1.62 bits per heavy atom. The van der Waals surface area contributed by atoms with E-state index >= 15 is 0 Å². The van der Waals surface area contributed by atoms with Crippen LogP contribution in [0.4, 0.5) is 8.78 Å². The Morgan fingerprint density at radius 3 is 2.00 bits per heavy atom. The van der Waals surface area contributed by atoms with Crippen LogP contribution >= 0.6 is 0 Å². The van der Waals surface area contributed by atoms with E-state index in [0.717, 1.165) is 0 Å². The molecule has 0 fully saturated rings. The van der Waals surface area contributed by atoms with Gasteiger partial charge >= 0.3 is 0 Å². The zero-order valence-corrected chi connectivity index (χ0v) is 4.45. The summed E-state index contributed by atoms with van der Waals surface area (Å²) in [7, 11) is 0. The highest BCUT2D eigenvalue weighted by Crippen LogP contribution is 2.00. The SMILES string of the molecule is C=C(C)C(=O)C(F)F. The number of allylic oxidation sites excluding steroid dienone is 1. The second-order valence-electron chi connectivity index (χ2n) is 1.45. The summed E-state index contributed by atoms with van der Waals surface area (Å²) in [6, 6.07) is 0. The summed E-state index contributed by atoms with van der Waals surface area (Å²) in [6.45, 7) is 4.31. The fourth-order valence-corrected chi connectivity index (χ4v) is 0.186. The van der Waals surface area contributed by atoms with Gasteiger partial charge in [-0.25, -0.2) is 8.78 Å². The highest BCUT2D eigenvalue weighted by Gasteiger charge is 2.14. The molecule has 0 saturated heterocycles. The summed E-state index contributed by atoms with van der Waals surface area (Å²) in [5.74, 6) is -1.18. The lowest BCUT2D eigenvalue weighted by molar-refractivity contribution is -0.125. The highest BCUT2D eigenvalue weighted by molar-refractivity contribution is 5.96. The molecule has 0 amide bonds. The quantitative estimate of drug-likeness (QED) is 0.503. The molecule has 0 bridgehead atoms. The Kier molecular flexibility index (Phi) is 2.31. The van der Waals surface area contributed by atoms with Crippen molar-refractivity contribution in [1.82, 2.24) is 0 Å². The molecule has 0 saturated carbocycles. The van der Waals surface area contributed by atoms with Crippen molar-refractivity contribution in [2.45, 2.75) is 13.3 Å². The topological polar surface area (TPSA) is 17.1 Å². The third kappa shape index (κ3) is 1.82. The van der Waals surface area contributed by atoms with Crippen LogP contribution in [0.2, 0.25) is 0 Å². The standard InChI is InChI=1S/C5H6F2O/c1-3(2)4(8)5(6)7/h5H,1H2,2H3. The molecule has 0 aliphatic carbocycles. The molecule has 0 spiro atoms. The van der Waals surface area contributed by atoms with Crippen LogP contribution in [0.1, 0.15) is 6.92 Å². The van der Waals surface area contributed by atoms with E-state index in [1.807, 2.05) is 0 Å². The fourth-order valence-electron chi connectivity index (χ4n) is 0.186. The summed E-state index contributed by atoms with van der Waals surface area (Å²) >= 11 is 0. The Balaban J connectivity index is 3.84. The van der Waals surface area contributed by atoms with Gasteiger partial charge in [0.25, 0.3) is 6.43 Å². The number of rotatable bonds is 2.